The zero-order valence-corrected chi connectivity index (χ0v) is 69.1. The number of aldehydes is 1. The molecule has 4 unspecified atom stereocenters. The average molecular weight is 1620 g/mol. The normalized spacial score (nSPS) is 16.6. The molecule has 6 aromatic carbocycles. The van der Waals surface area contributed by atoms with Crippen molar-refractivity contribution in [1.29, 1.82) is 0 Å². The van der Waals surface area contributed by atoms with E-state index in [2.05, 4.69) is 114 Å². The van der Waals surface area contributed by atoms with E-state index in [4.69, 9.17) is 25.1 Å². The summed E-state index contributed by atoms with van der Waals surface area (Å²) in [4.78, 5) is 137. The van der Waals surface area contributed by atoms with Crippen LogP contribution < -0.4 is 28.7 Å². The van der Waals surface area contributed by atoms with E-state index in [-0.39, 0.29) is 126 Å². The zero-order chi connectivity index (χ0) is 81.0. The van der Waals surface area contributed by atoms with Crippen LogP contribution in [0.25, 0.3) is 0 Å². The third-order valence-corrected chi connectivity index (χ3v) is 19.0. The summed E-state index contributed by atoms with van der Waals surface area (Å²) in [5, 5.41) is 35.8. The molecule has 1 fully saturated rings. The third-order valence-electron chi connectivity index (χ3n) is 19.0. The summed E-state index contributed by atoms with van der Waals surface area (Å²) in [5.74, 6) is -3.18. The molecule has 0 bridgehead atoms. The Hall–Kier alpha value is -10.9. The molecule has 0 spiro atoms. The number of non-ortho nitro benzene ring substituents is 2. The van der Waals surface area contributed by atoms with Crippen LogP contribution in [-0.2, 0) is 74.4 Å². The summed E-state index contributed by atoms with van der Waals surface area (Å²) < 4.78 is 15.2. The number of Topliss-reactive ketones (excluding diaryl/α,β-unsaturated/α-hetero) is 5. The number of aryl methyl sites for hydroxylation is 9. The molecule has 11 N–H and O–H groups in total. The number of dihydropyridines is 2. The first-order valence-corrected chi connectivity index (χ1v) is 36.2. The smallest absolute Gasteiger partial charge is 0.336 e. The Balaban J connectivity index is 0.000000508. The van der Waals surface area contributed by atoms with Gasteiger partial charge in [0.05, 0.1) is 47.2 Å². The number of halogens is 1. The van der Waals surface area contributed by atoms with Gasteiger partial charge in [0.1, 0.15) is 30.1 Å². The maximum absolute atomic E-state index is 13.7. The van der Waals surface area contributed by atoms with Gasteiger partial charge in [0, 0.05) is 131 Å². The number of benzene rings is 6. The number of nitro groups is 2. The number of hydrogen-bond donors (Lipinski definition) is 6. The van der Waals surface area contributed by atoms with E-state index in [0.717, 1.165) is 47.1 Å². The van der Waals surface area contributed by atoms with Crippen molar-refractivity contribution in [3.8, 4) is 0 Å². The molecule has 25 nitrogen and oxygen atoms in total. The van der Waals surface area contributed by atoms with Crippen LogP contribution in [0.3, 0.4) is 0 Å². The average Bonchev–Trinajstić information content (AvgIpc) is 0.748. The molecule has 608 valence electrons. The van der Waals surface area contributed by atoms with Crippen LogP contribution in [0.5, 0.6) is 0 Å². The molecule has 1 saturated carbocycles. The Morgan fingerprint density at radius 1 is 0.513 bits per heavy atom. The number of carbonyl (C=O) groups excluding carboxylic acids is 9. The van der Waals surface area contributed by atoms with Crippen LogP contribution in [0.1, 0.15) is 218 Å². The Morgan fingerprint density at radius 2 is 0.850 bits per heavy atom. The van der Waals surface area contributed by atoms with Crippen molar-refractivity contribution in [1.82, 2.24) is 22.9 Å². The predicted octanol–water partition coefficient (Wildman–Crippen LogP) is 16.4. The van der Waals surface area contributed by atoms with Crippen molar-refractivity contribution in [3.63, 3.8) is 0 Å². The minimum atomic E-state index is -0.833. The van der Waals surface area contributed by atoms with Crippen LogP contribution in [0.15, 0.2) is 154 Å². The van der Waals surface area contributed by atoms with Crippen LogP contribution >= 0.6 is 12.4 Å². The quantitative estimate of drug-likeness (QED) is 0.00812. The monoisotopic (exact) mass is 1620 g/mol. The number of nitrogens with two attached hydrogens (primary N) is 1. The Morgan fingerprint density at radius 3 is 1.19 bits per heavy atom. The van der Waals surface area contributed by atoms with Crippen molar-refractivity contribution < 1.29 is 94.2 Å². The topological polar surface area (TPSA) is 425 Å². The van der Waals surface area contributed by atoms with Gasteiger partial charge in [-0.1, -0.05) is 89.5 Å². The molecule has 0 amide bonds. The number of hydrogen-bond acceptors (Lipinski definition) is 22. The van der Waals surface area contributed by atoms with Gasteiger partial charge in [-0.2, -0.15) is 0 Å². The number of carboxylic acids is 1. The fourth-order valence-corrected chi connectivity index (χ4v) is 15.5. The second kappa shape index (κ2) is 45.0. The first-order valence-electron chi connectivity index (χ1n) is 36.2. The second-order valence-corrected chi connectivity index (χ2v) is 28.0. The molecule has 5 aliphatic rings. The number of nitro benzene ring substituents is 2. The summed E-state index contributed by atoms with van der Waals surface area (Å²) in [6, 6.07) is 32.1. The van der Waals surface area contributed by atoms with Crippen LogP contribution in [0.2, 0.25) is 0 Å². The van der Waals surface area contributed by atoms with E-state index in [1.807, 2.05) is 31.2 Å². The van der Waals surface area contributed by atoms with Gasteiger partial charge in [-0.15, -0.1) is 12.4 Å². The number of nitrogen functional groups attached to an aromatic ring is 1. The first kappa shape index (κ1) is 98.2. The third kappa shape index (κ3) is 26.4. The Bertz CT molecular complexity index is 4640. The molecule has 27 heteroatoms. The van der Waals surface area contributed by atoms with E-state index in [1.54, 1.807) is 39.8 Å². The molecule has 2 aliphatic heterocycles. The number of allylic oxidation sites excluding steroid dienone is 6. The number of ether oxygens (including phenoxy) is 3. The van der Waals surface area contributed by atoms with E-state index < -0.39 is 45.6 Å². The number of esters is 3. The van der Waals surface area contributed by atoms with Crippen molar-refractivity contribution in [3.05, 3.63) is 258 Å². The Labute approximate surface area is 677 Å². The van der Waals surface area contributed by atoms with Gasteiger partial charge >= 0.3 is 17.9 Å². The molecule has 11 rings (SSSR count). The molecule has 3 aliphatic carbocycles. The standard InChI is InChI=1S/C28H30N2O5.C28H32N2O3.C15H18O2.C7H5NO3.C6H10O3.C2H4O2.ClH.Fe.2H3N/c1-6-35-28(32)25-18(5)29-22-13-20(24-16(3)10-15(2)11-17(24)4)14-23(31)27(22)26(25)19-8-7-9-21(12-19)30(33)34;1-6-33-28(32)25-18(5)30-22-13-20(24-16(3)10-15(2)11-17(24)4)14-23(31)27(22)26(25)19-8-7-9-21(29)12-19;1-9-4-10(2)15(11(3)5-9)12-6-13(16)8-14(17)7-12;9-5-6-2-1-3-7(4-6)8(10)11;1-3-9-6(8)4-5(2)7;1-2(3)4;;;;/h7-12,20,26,29H,6,13-14H2,1-5H3;7-12,20,26,30H,6,13-14,29H2,1-5H3;4-5,12H,6-8H2,1-3H3;1-5H;3-4H2,1-2H3;1H3,(H,3,4);1H;;2*1H3. The zero-order valence-electron chi connectivity index (χ0n) is 67.2. The van der Waals surface area contributed by atoms with E-state index in [0.29, 0.717) is 89.8 Å². The van der Waals surface area contributed by atoms with Crippen molar-refractivity contribution in [2.24, 2.45) is 0 Å². The maximum Gasteiger partial charge on any atom is 0.336 e. The molecule has 2 heterocycles. The number of rotatable bonds is 15. The fraction of sp³-hybridized carbons (Fsp3) is 0.372. The summed E-state index contributed by atoms with van der Waals surface area (Å²) >= 11 is 0. The summed E-state index contributed by atoms with van der Waals surface area (Å²) in [5.41, 5.74) is 27.6. The molecule has 0 saturated heterocycles. The van der Waals surface area contributed by atoms with Crippen molar-refractivity contribution >= 4 is 88.5 Å². The fourth-order valence-electron chi connectivity index (χ4n) is 15.5. The van der Waals surface area contributed by atoms with Gasteiger partial charge in [0.15, 0.2) is 11.6 Å². The minimum Gasteiger partial charge on any atom is -0.481 e. The molecule has 6 aromatic rings. The number of carbonyl (C=O) groups is 10. The molecule has 4 atom stereocenters. The molecular weight excluding hydrogens is 1510 g/mol. The minimum absolute atomic E-state index is 0. The molecule has 113 heavy (non-hydrogen) atoms. The van der Waals surface area contributed by atoms with Crippen molar-refractivity contribution in [2.45, 2.75) is 192 Å². The number of nitrogens with zero attached hydrogens (tertiary/aromatic N) is 2. The molecular formula is C86H106ClFeN7O18. The summed E-state index contributed by atoms with van der Waals surface area (Å²) in [7, 11) is 0. The van der Waals surface area contributed by atoms with Crippen molar-refractivity contribution in [2.75, 3.05) is 25.6 Å². The predicted molar refractivity (Wildman–Crippen MR) is 432 cm³/mol. The SMILES string of the molecule is CC(=O)O.CCOC(=O)C1=C(C)NC2=C(C(=O)CC(c3c(C)cc(C)cc3C)C2)C1c1cccc(N)c1.CCOC(=O)C1=C(C)NC2=C(C(=O)CC(c3c(C)cc(C)cc3C)C2)C1c1cccc([N+](=O)[O-])c1.CCOC(=O)CC(C)=O.Cc1cc(C)c(C2CC(=O)CC(=O)C2)c(C)c1.Cl.N.N.O=Cc1cccc([N+](=O)[O-])c1.[Fe]. The number of ketones is 5. The molecule has 0 radical (unpaired) electrons. The van der Waals surface area contributed by atoms with Crippen LogP contribution in [0.4, 0.5) is 17.1 Å². The Kier molecular flexibility index (Phi) is 39.1. The number of carboxylic acid groups (broad SMARTS) is 1. The van der Waals surface area contributed by atoms with Gasteiger partial charge in [0.2, 0.25) is 0 Å². The number of anilines is 1. The van der Waals surface area contributed by atoms with Gasteiger partial charge in [-0.3, -0.25) is 58.6 Å². The van der Waals surface area contributed by atoms with Gasteiger partial charge in [-0.05, 0) is 208 Å². The maximum atomic E-state index is 13.7. The van der Waals surface area contributed by atoms with Gasteiger partial charge < -0.3 is 48.0 Å². The number of nitrogens with one attached hydrogen (secondary N) is 2. The largest absolute Gasteiger partial charge is 0.481 e. The van der Waals surface area contributed by atoms with Crippen LogP contribution in [0, 0.1) is 82.5 Å². The summed E-state index contributed by atoms with van der Waals surface area (Å²) in [6.45, 7) is 30.9. The second-order valence-electron chi connectivity index (χ2n) is 28.0. The van der Waals surface area contributed by atoms with E-state index in [9.17, 15) is 63.4 Å². The van der Waals surface area contributed by atoms with Gasteiger partial charge in [-0.25, -0.2) is 9.59 Å². The van der Waals surface area contributed by atoms with E-state index in [1.165, 1.54) is 99.0 Å². The first-order chi connectivity index (χ1) is 51.4. The van der Waals surface area contributed by atoms with Crippen LogP contribution in [-0.4, -0.2) is 93.9 Å². The molecule has 0 aromatic heterocycles. The van der Waals surface area contributed by atoms with Gasteiger partial charge in [0.25, 0.3) is 17.3 Å². The van der Waals surface area contributed by atoms with E-state index >= 15 is 0 Å². The summed E-state index contributed by atoms with van der Waals surface area (Å²) in [6.07, 6.45) is 3.72. The number of aliphatic carboxylic acids is 1.